The van der Waals surface area contributed by atoms with E-state index in [0.717, 1.165) is 5.75 Å². The number of benzene rings is 1. The normalized spacial score (nSPS) is 13.5. The average molecular weight is 307 g/mol. The van der Waals surface area contributed by atoms with Gasteiger partial charge in [0, 0.05) is 5.92 Å². The Balaban J connectivity index is 2.38. The molecule has 0 aliphatic carbocycles. The van der Waals surface area contributed by atoms with Crippen LogP contribution in [0.5, 0.6) is 5.75 Å². The number of hydrogen-bond donors (Lipinski definition) is 2. The van der Waals surface area contributed by atoms with Crippen molar-refractivity contribution in [3.05, 3.63) is 30.3 Å². The summed E-state index contributed by atoms with van der Waals surface area (Å²) in [6, 6.07) is 8.56. The monoisotopic (exact) mass is 307 g/mol. The van der Waals surface area contributed by atoms with Crippen molar-refractivity contribution < 1.29 is 19.4 Å². The lowest BCUT2D eigenvalue weighted by atomic mass is 10.0. The summed E-state index contributed by atoms with van der Waals surface area (Å²) in [6.07, 6.45) is 0.961. The van der Waals surface area contributed by atoms with Crippen molar-refractivity contribution in [2.45, 2.75) is 39.7 Å². The topological polar surface area (TPSA) is 75.6 Å². The standard InChI is InChI=1S/C17H25NO4/c1-12(2)11-15(17(20)21)18-16(19)13(3)9-10-22-14-7-5-4-6-8-14/h4-8,12-13,15H,9-11H2,1-3H3,(H,18,19)(H,20,21)/t13?,15-/m1/s1. The highest BCUT2D eigenvalue weighted by molar-refractivity contribution is 5.84. The second kappa shape index (κ2) is 9.07. The number of ether oxygens (including phenoxy) is 1. The lowest BCUT2D eigenvalue weighted by Crippen LogP contribution is -2.44. The summed E-state index contributed by atoms with van der Waals surface area (Å²) in [5, 5.41) is 11.7. The zero-order valence-corrected chi connectivity index (χ0v) is 13.4. The smallest absolute Gasteiger partial charge is 0.326 e. The first-order valence-corrected chi connectivity index (χ1v) is 7.61. The van der Waals surface area contributed by atoms with Crippen molar-refractivity contribution in [1.82, 2.24) is 5.32 Å². The summed E-state index contributed by atoms with van der Waals surface area (Å²) < 4.78 is 5.55. The van der Waals surface area contributed by atoms with Gasteiger partial charge in [-0.2, -0.15) is 0 Å². The van der Waals surface area contributed by atoms with Gasteiger partial charge in [0.1, 0.15) is 11.8 Å². The molecule has 0 aromatic heterocycles. The molecular formula is C17H25NO4. The Morgan fingerprint density at radius 3 is 2.36 bits per heavy atom. The van der Waals surface area contributed by atoms with Gasteiger partial charge in [0.15, 0.2) is 0 Å². The number of amides is 1. The Kier molecular flexibility index (Phi) is 7.43. The van der Waals surface area contributed by atoms with E-state index in [1.54, 1.807) is 6.92 Å². The summed E-state index contributed by atoms with van der Waals surface area (Å²) in [5.41, 5.74) is 0. The molecule has 0 saturated heterocycles. The van der Waals surface area contributed by atoms with E-state index in [0.29, 0.717) is 19.4 Å². The van der Waals surface area contributed by atoms with Crippen LogP contribution >= 0.6 is 0 Å². The lowest BCUT2D eigenvalue weighted by Gasteiger charge is -2.19. The van der Waals surface area contributed by atoms with E-state index in [9.17, 15) is 9.59 Å². The van der Waals surface area contributed by atoms with E-state index in [-0.39, 0.29) is 17.7 Å². The Hall–Kier alpha value is -2.04. The van der Waals surface area contributed by atoms with Gasteiger partial charge in [-0.3, -0.25) is 4.79 Å². The number of aliphatic carboxylic acids is 1. The molecule has 2 N–H and O–H groups in total. The first-order valence-electron chi connectivity index (χ1n) is 7.61. The van der Waals surface area contributed by atoms with Gasteiger partial charge in [-0.25, -0.2) is 4.79 Å². The van der Waals surface area contributed by atoms with Crippen molar-refractivity contribution in [3.8, 4) is 5.75 Å². The van der Waals surface area contributed by atoms with E-state index < -0.39 is 12.0 Å². The summed E-state index contributed by atoms with van der Waals surface area (Å²) in [7, 11) is 0. The maximum atomic E-state index is 12.1. The molecule has 0 fully saturated rings. The summed E-state index contributed by atoms with van der Waals surface area (Å²) in [4.78, 5) is 23.2. The number of rotatable bonds is 9. The van der Waals surface area contributed by atoms with Crippen molar-refractivity contribution in [3.63, 3.8) is 0 Å². The van der Waals surface area contributed by atoms with Gasteiger partial charge in [0.2, 0.25) is 5.91 Å². The molecule has 2 atom stereocenters. The van der Waals surface area contributed by atoms with Crippen LogP contribution in [0, 0.1) is 11.8 Å². The van der Waals surface area contributed by atoms with Crippen LogP contribution in [0.3, 0.4) is 0 Å². The van der Waals surface area contributed by atoms with Crippen LogP contribution in [-0.4, -0.2) is 29.6 Å². The first-order chi connectivity index (χ1) is 10.4. The zero-order valence-electron chi connectivity index (χ0n) is 13.4. The highest BCUT2D eigenvalue weighted by atomic mass is 16.5. The van der Waals surface area contributed by atoms with Crippen LogP contribution in [0.2, 0.25) is 0 Å². The van der Waals surface area contributed by atoms with Crippen LogP contribution in [0.25, 0.3) is 0 Å². The Labute approximate surface area is 131 Å². The molecule has 1 amide bonds. The molecule has 0 spiro atoms. The molecule has 1 aromatic carbocycles. The molecule has 1 aromatic rings. The second-order valence-electron chi connectivity index (χ2n) is 5.88. The quantitative estimate of drug-likeness (QED) is 0.735. The van der Waals surface area contributed by atoms with Gasteiger partial charge < -0.3 is 15.2 Å². The minimum atomic E-state index is -0.991. The largest absolute Gasteiger partial charge is 0.494 e. The van der Waals surface area contributed by atoms with E-state index in [2.05, 4.69) is 5.32 Å². The van der Waals surface area contributed by atoms with Crippen molar-refractivity contribution in [2.24, 2.45) is 11.8 Å². The minimum Gasteiger partial charge on any atom is -0.494 e. The molecule has 0 bridgehead atoms. The number of carboxylic acid groups (broad SMARTS) is 1. The molecule has 5 heteroatoms. The third-order valence-electron chi connectivity index (χ3n) is 3.33. The van der Waals surface area contributed by atoms with Gasteiger partial charge in [-0.15, -0.1) is 0 Å². The van der Waals surface area contributed by atoms with Crippen LogP contribution in [-0.2, 0) is 9.59 Å². The number of carbonyl (C=O) groups is 2. The number of para-hydroxylation sites is 1. The molecule has 0 aliphatic heterocycles. The molecule has 5 nitrogen and oxygen atoms in total. The van der Waals surface area contributed by atoms with E-state index in [1.165, 1.54) is 0 Å². The average Bonchev–Trinajstić information content (AvgIpc) is 2.46. The fourth-order valence-electron chi connectivity index (χ4n) is 2.01. The van der Waals surface area contributed by atoms with Crippen LogP contribution in [0.1, 0.15) is 33.6 Å². The lowest BCUT2D eigenvalue weighted by molar-refractivity contribution is -0.142. The minimum absolute atomic E-state index is 0.207. The van der Waals surface area contributed by atoms with Crippen LogP contribution in [0.15, 0.2) is 30.3 Å². The van der Waals surface area contributed by atoms with Gasteiger partial charge >= 0.3 is 5.97 Å². The Bertz CT molecular complexity index is 473. The summed E-state index contributed by atoms with van der Waals surface area (Å²) >= 11 is 0. The zero-order chi connectivity index (χ0) is 16.5. The highest BCUT2D eigenvalue weighted by Crippen LogP contribution is 2.11. The predicted molar refractivity (Wildman–Crippen MR) is 84.7 cm³/mol. The number of hydrogen-bond acceptors (Lipinski definition) is 3. The summed E-state index contributed by atoms with van der Waals surface area (Å²) in [5.74, 6) is -0.561. The van der Waals surface area contributed by atoms with Crippen molar-refractivity contribution >= 4 is 11.9 Å². The summed E-state index contributed by atoms with van der Waals surface area (Å²) in [6.45, 7) is 6.05. The predicted octanol–water partition coefficient (Wildman–Crippen LogP) is 2.71. The molecule has 122 valence electrons. The van der Waals surface area contributed by atoms with E-state index in [4.69, 9.17) is 9.84 Å². The molecule has 0 heterocycles. The third kappa shape index (κ3) is 6.61. The molecule has 0 saturated carbocycles. The Morgan fingerprint density at radius 1 is 1.18 bits per heavy atom. The number of nitrogens with one attached hydrogen (secondary N) is 1. The van der Waals surface area contributed by atoms with E-state index >= 15 is 0 Å². The highest BCUT2D eigenvalue weighted by Gasteiger charge is 2.23. The van der Waals surface area contributed by atoms with Crippen LogP contribution < -0.4 is 10.1 Å². The van der Waals surface area contributed by atoms with Crippen molar-refractivity contribution in [1.29, 1.82) is 0 Å². The maximum absolute atomic E-state index is 12.1. The fourth-order valence-corrected chi connectivity index (χ4v) is 2.01. The van der Waals surface area contributed by atoms with Gasteiger partial charge in [0.05, 0.1) is 6.61 Å². The third-order valence-corrected chi connectivity index (χ3v) is 3.33. The molecule has 22 heavy (non-hydrogen) atoms. The number of carboxylic acids is 1. The van der Waals surface area contributed by atoms with Crippen molar-refractivity contribution in [2.75, 3.05) is 6.61 Å². The second-order valence-corrected chi connectivity index (χ2v) is 5.88. The van der Waals surface area contributed by atoms with Crippen LogP contribution in [0.4, 0.5) is 0 Å². The number of carbonyl (C=O) groups excluding carboxylic acids is 1. The molecule has 0 aliphatic rings. The molecule has 0 radical (unpaired) electrons. The molecular weight excluding hydrogens is 282 g/mol. The molecule has 1 rings (SSSR count). The SMILES string of the molecule is CC(C)C[C@@H](NC(=O)C(C)CCOc1ccccc1)C(=O)O. The maximum Gasteiger partial charge on any atom is 0.326 e. The van der Waals surface area contributed by atoms with Gasteiger partial charge in [-0.1, -0.05) is 39.0 Å². The van der Waals surface area contributed by atoms with Gasteiger partial charge in [-0.05, 0) is 30.9 Å². The first kappa shape index (κ1) is 18.0. The molecule has 1 unspecified atom stereocenters. The van der Waals surface area contributed by atoms with E-state index in [1.807, 2.05) is 44.2 Å². The Morgan fingerprint density at radius 2 is 1.82 bits per heavy atom. The van der Waals surface area contributed by atoms with Gasteiger partial charge in [0.25, 0.3) is 0 Å². The fraction of sp³-hybridized carbons (Fsp3) is 0.529.